The zero-order valence-electron chi connectivity index (χ0n) is 18.6. The Morgan fingerprint density at radius 3 is 2.61 bits per heavy atom. The predicted octanol–water partition coefficient (Wildman–Crippen LogP) is 3.62. The van der Waals surface area contributed by atoms with Gasteiger partial charge in [0, 0.05) is 45.5 Å². The third-order valence-electron chi connectivity index (χ3n) is 5.64. The molecule has 0 amide bonds. The lowest BCUT2D eigenvalue weighted by atomic mass is 10.1. The summed E-state index contributed by atoms with van der Waals surface area (Å²) >= 11 is 0. The fraction of sp³-hybridized carbons (Fsp3) is 0.478. The molecule has 0 bridgehead atoms. The molecule has 1 fully saturated rings. The van der Waals surface area contributed by atoms with Crippen LogP contribution in [-0.2, 0) is 13.1 Å². The number of hydrogen-bond acceptors (Lipinski definition) is 4. The summed E-state index contributed by atoms with van der Waals surface area (Å²) in [4.78, 5) is 13.0. The lowest BCUT2D eigenvalue weighted by molar-refractivity contribution is 0.295. The van der Waals surface area contributed by atoms with Gasteiger partial charge in [0.1, 0.15) is 0 Å². The van der Waals surface area contributed by atoms with Crippen molar-refractivity contribution in [1.29, 1.82) is 0 Å². The number of pyridine rings is 1. The third-order valence-corrected chi connectivity index (χ3v) is 5.64. The van der Waals surface area contributed by atoms with Crippen LogP contribution in [0.2, 0.25) is 0 Å². The van der Waals surface area contributed by atoms with Crippen molar-refractivity contribution >= 4 is 35.8 Å². The second-order valence-electron chi connectivity index (χ2n) is 7.54. The molecule has 31 heavy (non-hydrogen) atoms. The molecule has 0 aliphatic carbocycles. The van der Waals surface area contributed by atoms with E-state index in [2.05, 4.69) is 63.6 Å². The molecule has 1 aliphatic heterocycles. The zero-order chi connectivity index (χ0) is 21.3. The highest BCUT2D eigenvalue weighted by atomic mass is 127. The maximum atomic E-state index is 14.0. The second-order valence-corrected chi connectivity index (χ2v) is 7.54. The first-order valence-corrected chi connectivity index (χ1v) is 10.8. The van der Waals surface area contributed by atoms with Gasteiger partial charge in [-0.15, -0.1) is 24.0 Å². The van der Waals surface area contributed by atoms with Crippen molar-refractivity contribution in [2.24, 2.45) is 4.99 Å². The Hall–Kier alpha value is -1.94. The first kappa shape index (κ1) is 25.3. The van der Waals surface area contributed by atoms with E-state index in [4.69, 9.17) is 0 Å². The van der Waals surface area contributed by atoms with E-state index in [1.54, 1.807) is 19.3 Å². The van der Waals surface area contributed by atoms with Gasteiger partial charge in [0.15, 0.2) is 17.6 Å². The molecule has 1 saturated heterocycles. The van der Waals surface area contributed by atoms with Crippen molar-refractivity contribution in [3.05, 3.63) is 59.5 Å². The van der Waals surface area contributed by atoms with Crippen LogP contribution >= 0.6 is 24.0 Å². The normalized spacial score (nSPS) is 16.4. The Balaban J connectivity index is 0.00000341. The summed E-state index contributed by atoms with van der Waals surface area (Å²) in [6.45, 7) is 9.60. The number of hydrogen-bond donors (Lipinski definition) is 2. The predicted molar refractivity (Wildman–Crippen MR) is 137 cm³/mol. The Kier molecular flexibility index (Phi) is 10.5. The lowest BCUT2D eigenvalue weighted by Crippen LogP contribution is -2.44. The van der Waals surface area contributed by atoms with E-state index in [0.29, 0.717) is 18.9 Å². The Labute approximate surface area is 202 Å². The van der Waals surface area contributed by atoms with Gasteiger partial charge in [-0.05, 0) is 42.8 Å². The number of guanidine groups is 1. The van der Waals surface area contributed by atoms with Gasteiger partial charge in [-0.1, -0.05) is 38.1 Å². The summed E-state index contributed by atoms with van der Waals surface area (Å²) < 4.78 is 14.0. The van der Waals surface area contributed by atoms with Crippen LogP contribution in [0.4, 0.5) is 10.2 Å². The average molecular weight is 540 g/mol. The van der Waals surface area contributed by atoms with Gasteiger partial charge in [0.25, 0.3) is 0 Å². The summed E-state index contributed by atoms with van der Waals surface area (Å²) in [6.07, 6.45) is 2.55. The first-order chi connectivity index (χ1) is 14.6. The van der Waals surface area contributed by atoms with Crippen molar-refractivity contribution in [1.82, 2.24) is 20.5 Å². The van der Waals surface area contributed by atoms with Gasteiger partial charge in [-0.3, -0.25) is 9.89 Å². The minimum Gasteiger partial charge on any atom is -0.352 e. The Bertz CT molecular complexity index is 842. The van der Waals surface area contributed by atoms with Crippen LogP contribution in [0.15, 0.2) is 47.6 Å². The van der Waals surface area contributed by atoms with Crippen LogP contribution < -0.4 is 15.5 Å². The minimum absolute atomic E-state index is 0. The summed E-state index contributed by atoms with van der Waals surface area (Å²) in [5, 5.41) is 6.91. The summed E-state index contributed by atoms with van der Waals surface area (Å²) in [7, 11) is 1.78. The summed E-state index contributed by atoms with van der Waals surface area (Å²) in [5.41, 5.74) is 2.61. The average Bonchev–Trinajstić information content (AvgIpc) is 3.24. The highest BCUT2D eigenvalue weighted by Crippen LogP contribution is 2.20. The van der Waals surface area contributed by atoms with E-state index in [-0.39, 0.29) is 35.8 Å². The number of aliphatic imine (C=N–C) groups is 1. The molecule has 2 heterocycles. The van der Waals surface area contributed by atoms with Crippen molar-refractivity contribution in [3.63, 3.8) is 0 Å². The molecule has 1 aromatic carbocycles. The Morgan fingerprint density at radius 1 is 1.19 bits per heavy atom. The van der Waals surface area contributed by atoms with E-state index in [0.717, 1.165) is 38.6 Å². The molecule has 8 heteroatoms. The largest absolute Gasteiger partial charge is 0.352 e. The van der Waals surface area contributed by atoms with Crippen LogP contribution in [0.3, 0.4) is 0 Å². The van der Waals surface area contributed by atoms with E-state index >= 15 is 0 Å². The van der Waals surface area contributed by atoms with Crippen LogP contribution in [0.5, 0.6) is 0 Å². The second kappa shape index (κ2) is 12.8. The molecule has 1 aliphatic rings. The Morgan fingerprint density at radius 2 is 1.94 bits per heavy atom. The molecule has 1 aromatic heterocycles. The van der Waals surface area contributed by atoms with E-state index in [1.165, 1.54) is 17.2 Å². The molecule has 3 rings (SSSR count). The van der Waals surface area contributed by atoms with Crippen molar-refractivity contribution in [2.45, 2.75) is 39.4 Å². The highest BCUT2D eigenvalue weighted by Gasteiger charge is 2.25. The van der Waals surface area contributed by atoms with Gasteiger partial charge in [-0.2, -0.15) is 0 Å². The van der Waals surface area contributed by atoms with Crippen LogP contribution in [0.1, 0.15) is 31.4 Å². The number of nitrogens with zero attached hydrogens (tertiary/aromatic N) is 4. The summed E-state index contributed by atoms with van der Waals surface area (Å²) in [5.74, 6) is 0.918. The maximum Gasteiger partial charge on any atom is 0.191 e. The molecule has 170 valence electrons. The number of aromatic nitrogens is 1. The molecule has 1 atom stereocenters. The topological polar surface area (TPSA) is 55.8 Å². The molecule has 1 unspecified atom stereocenters. The minimum atomic E-state index is -0.273. The van der Waals surface area contributed by atoms with Gasteiger partial charge in [-0.25, -0.2) is 9.37 Å². The maximum absolute atomic E-state index is 14.0. The van der Waals surface area contributed by atoms with E-state index in [1.807, 2.05) is 4.90 Å². The van der Waals surface area contributed by atoms with E-state index < -0.39 is 0 Å². The molecular formula is C23H34FIN6. The zero-order valence-corrected chi connectivity index (χ0v) is 21.0. The molecule has 6 nitrogen and oxygen atoms in total. The SMILES string of the molecule is CCN(CC)Cc1ccccc1CNC(=NC)NC1CCN(c2ncccc2F)C1.I. The van der Waals surface area contributed by atoms with Crippen molar-refractivity contribution in [2.75, 3.05) is 38.1 Å². The number of anilines is 1. The monoisotopic (exact) mass is 540 g/mol. The molecule has 0 radical (unpaired) electrons. The number of halogens is 2. The quantitative estimate of drug-likeness (QED) is 0.305. The molecule has 0 spiro atoms. The summed E-state index contributed by atoms with van der Waals surface area (Å²) in [6, 6.07) is 11.8. The molecular weight excluding hydrogens is 506 g/mol. The smallest absolute Gasteiger partial charge is 0.191 e. The number of benzene rings is 1. The van der Waals surface area contributed by atoms with Crippen LogP contribution in [0, 0.1) is 5.82 Å². The van der Waals surface area contributed by atoms with Crippen molar-refractivity contribution < 1.29 is 4.39 Å². The van der Waals surface area contributed by atoms with Gasteiger partial charge in [0.05, 0.1) is 0 Å². The molecule has 2 aromatic rings. The van der Waals surface area contributed by atoms with Crippen LogP contribution in [-0.4, -0.2) is 55.1 Å². The van der Waals surface area contributed by atoms with Crippen molar-refractivity contribution in [3.8, 4) is 0 Å². The first-order valence-electron chi connectivity index (χ1n) is 10.8. The molecule has 2 N–H and O–H groups in total. The highest BCUT2D eigenvalue weighted by molar-refractivity contribution is 14.0. The van der Waals surface area contributed by atoms with Gasteiger partial charge >= 0.3 is 0 Å². The number of nitrogens with one attached hydrogen (secondary N) is 2. The number of rotatable bonds is 8. The lowest BCUT2D eigenvalue weighted by Gasteiger charge is -2.22. The fourth-order valence-electron chi connectivity index (χ4n) is 3.82. The van der Waals surface area contributed by atoms with Gasteiger partial charge < -0.3 is 15.5 Å². The van der Waals surface area contributed by atoms with Gasteiger partial charge in [0.2, 0.25) is 0 Å². The van der Waals surface area contributed by atoms with Crippen LogP contribution in [0.25, 0.3) is 0 Å². The third kappa shape index (κ3) is 7.03. The molecule has 0 saturated carbocycles. The standard InChI is InChI=1S/C23H33FN6.HI/c1-4-29(5-2)16-19-10-7-6-9-18(19)15-27-23(25-3)28-20-12-14-30(17-20)22-21(24)11-8-13-26-22;/h6-11,13,20H,4-5,12,14-17H2,1-3H3,(H2,25,27,28);1H. The van der Waals surface area contributed by atoms with E-state index in [9.17, 15) is 4.39 Å². The fourth-order valence-corrected chi connectivity index (χ4v) is 3.82.